The van der Waals surface area contributed by atoms with Gasteiger partial charge in [-0.15, -0.1) is 0 Å². The Morgan fingerprint density at radius 3 is 2.88 bits per heavy atom. The fourth-order valence-electron chi connectivity index (χ4n) is 4.60. The van der Waals surface area contributed by atoms with Crippen molar-refractivity contribution in [1.82, 2.24) is 15.1 Å². The number of nitrogens with one attached hydrogen (secondary N) is 2. The molecule has 2 atom stereocenters. The molecule has 1 saturated heterocycles. The number of methoxy groups -OCH3 is 1. The largest absolute Gasteiger partial charge is 0.497 e. The number of ether oxygens (including phenoxy) is 3. The maximum absolute atomic E-state index is 13.2. The first-order chi connectivity index (χ1) is 16.5. The molecule has 0 saturated carbocycles. The van der Waals surface area contributed by atoms with Gasteiger partial charge in [0, 0.05) is 24.3 Å². The van der Waals surface area contributed by atoms with Crippen molar-refractivity contribution < 1.29 is 19.0 Å². The van der Waals surface area contributed by atoms with Crippen molar-refractivity contribution in [2.24, 2.45) is 5.92 Å². The number of benzene rings is 2. The van der Waals surface area contributed by atoms with Gasteiger partial charge in [0.25, 0.3) is 0 Å². The maximum Gasteiger partial charge on any atom is 0.231 e. The highest BCUT2D eigenvalue weighted by molar-refractivity contribution is 5.95. The second kappa shape index (κ2) is 9.38. The third-order valence-electron chi connectivity index (χ3n) is 6.57. The minimum absolute atomic E-state index is 0.0821. The normalized spacial score (nSPS) is 19.9. The lowest BCUT2D eigenvalue weighted by atomic mass is 9.95. The second-order valence-corrected chi connectivity index (χ2v) is 9.09. The van der Waals surface area contributed by atoms with E-state index in [1.807, 2.05) is 43.3 Å². The highest BCUT2D eigenvalue weighted by Gasteiger charge is 2.28. The predicted octanol–water partition coefficient (Wildman–Crippen LogP) is 3.67. The van der Waals surface area contributed by atoms with Gasteiger partial charge in [-0.1, -0.05) is 6.07 Å². The number of fused-ring (bicyclic) bond motifs is 1. The predicted molar refractivity (Wildman–Crippen MR) is 130 cm³/mol. The van der Waals surface area contributed by atoms with E-state index in [4.69, 9.17) is 14.2 Å². The van der Waals surface area contributed by atoms with Crippen molar-refractivity contribution in [2.45, 2.75) is 25.9 Å². The molecule has 3 heterocycles. The van der Waals surface area contributed by atoms with E-state index in [9.17, 15) is 4.79 Å². The number of carbonyl (C=O) groups excluding carboxylic acids is 1. The van der Waals surface area contributed by atoms with E-state index < -0.39 is 0 Å². The Bertz CT molecular complexity index is 1190. The van der Waals surface area contributed by atoms with Crippen LogP contribution in [0.4, 0.5) is 5.69 Å². The van der Waals surface area contributed by atoms with Crippen molar-refractivity contribution in [3.63, 3.8) is 0 Å². The molecule has 2 aromatic carbocycles. The Balaban J connectivity index is 1.37. The molecule has 3 aromatic rings. The zero-order valence-corrected chi connectivity index (χ0v) is 19.8. The smallest absolute Gasteiger partial charge is 0.231 e. The van der Waals surface area contributed by atoms with Crippen LogP contribution in [-0.2, 0) is 11.2 Å². The lowest BCUT2D eigenvalue weighted by Crippen LogP contribution is -2.33. The number of likely N-dealkylation sites (N-methyl/N-ethyl adjacent to an activating group) is 1. The minimum Gasteiger partial charge on any atom is -0.497 e. The zero-order valence-electron chi connectivity index (χ0n) is 19.8. The summed E-state index contributed by atoms with van der Waals surface area (Å²) >= 11 is 0. The number of likely N-dealkylation sites (tertiary alicyclic amines) is 1. The minimum atomic E-state index is -0.305. The van der Waals surface area contributed by atoms with E-state index in [-0.39, 0.29) is 17.9 Å². The second-order valence-electron chi connectivity index (χ2n) is 9.09. The summed E-state index contributed by atoms with van der Waals surface area (Å²) in [6, 6.07) is 11.6. The zero-order chi connectivity index (χ0) is 23.7. The summed E-state index contributed by atoms with van der Waals surface area (Å²) in [5.74, 6) is 1.84. The van der Waals surface area contributed by atoms with Crippen molar-refractivity contribution in [3.8, 4) is 28.4 Å². The van der Waals surface area contributed by atoms with Crippen LogP contribution in [0.15, 0.2) is 42.6 Å². The Labute approximate surface area is 199 Å². The summed E-state index contributed by atoms with van der Waals surface area (Å²) < 4.78 is 17.6. The molecule has 2 aliphatic heterocycles. The van der Waals surface area contributed by atoms with Crippen LogP contribution in [0.3, 0.4) is 0 Å². The first-order valence-corrected chi connectivity index (χ1v) is 11.6. The van der Waals surface area contributed by atoms with Crippen LogP contribution in [0.1, 0.15) is 17.7 Å². The number of aryl methyl sites for hydroxylation is 1. The molecule has 1 aromatic heterocycles. The van der Waals surface area contributed by atoms with Crippen LogP contribution >= 0.6 is 0 Å². The molecule has 2 aliphatic rings. The molecular weight excluding hydrogens is 432 g/mol. The Morgan fingerprint density at radius 1 is 1.26 bits per heavy atom. The van der Waals surface area contributed by atoms with Crippen LogP contribution in [0.5, 0.6) is 17.2 Å². The van der Waals surface area contributed by atoms with Crippen molar-refractivity contribution in [1.29, 1.82) is 0 Å². The van der Waals surface area contributed by atoms with Crippen LogP contribution in [0.2, 0.25) is 0 Å². The van der Waals surface area contributed by atoms with Gasteiger partial charge in [0.15, 0.2) is 0 Å². The number of nitrogens with zero attached hydrogens (tertiary/aromatic N) is 2. The van der Waals surface area contributed by atoms with Crippen molar-refractivity contribution in [2.75, 3.05) is 39.2 Å². The number of rotatable bonds is 6. The fourth-order valence-corrected chi connectivity index (χ4v) is 4.60. The summed E-state index contributed by atoms with van der Waals surface area (Å²) in [6.07, 6.45) is 3.43. The van der Waals surface area contributed by atoms with Gasteiger partial charge in [-0.2, -0.15) is 5.10 Å². The molecule has 8 nitrogen and oxygen atoms in total. The highest BCUT2D eigenvalue weighted by atomic mass is 16.5. The molecule has 8 heteroatoms. The summed E-state index contributed by atoms with van der Waals surface area (Å²) in [7, 11) is 3.72. The molecule has 2 unspecified atom stereocenters. The highest BCUT2D eigenvalue weighted by Crippen LogP contribution is 2.35. The molecule has 178 valence electrons. The SMILES string of the molecule is COc1ccc2c(c1)CC(C(=O)Nc1ccc(-c3cn[nH]c3C)cc1OC1CCN(C)C1)CO2. The standard InChI is InChI=1S/C26H30N4O4/c1-16-22(13-27-29-16)17-4-6-23(25(12-17)34-21-8-9-30(2)14-21)28-26(31)19-10-18-11-20(32-3)5-7-24(18)33-15-19/h4-7,11-13,19,21H,8-10,14-15H2,1-3H3,(H,27,29)(H,28,31). The monoisotopic (exact) mass is 462 g/mol. The topological polar surface area (TPSA) is 88.7 Å². The Kier molecular flexibility index (Phi) is 6.15. The Hall–Kier alpha value is -3.52. The van der Waals surface area contributed by atoms with Crippen molar-refractivity contribution in [3.05, 3.63) is 53.9 Å². The van der Waals surface area contributed by atoms with Crippen molar-refractivity contribution >= 4 is 11.6 Å². The molecule has 0 spiro atoms. The van der Waals surface area contributed by atoms with Gasteiger partial charge in [-0.3, -0.25) is 9.89 Å². The van der Waals surface area contributed by atoms with Gasteiger partial charge in [0.05, 0.1) is 24.9 Å². The lowest BCUT2D eigenvalue weighted by Gasteiger charge is -2.25. The quantitative estimate of drug-likeness (QED) is 0.581. The number of carbonyl (C=O) groups is 1. The van der Waals surface area contributed by atoms with E-state index in [1.54, 1.807) is 13.3 Å². The summed E-state index contributed by atoms with van der Waals surface area (Å²) in [4.78, 5) is 15.5. The van der Waals surface area contributed by atoms with E-state index in [0.717, 1.165) is 53.4 Å². The van der Waals surface area contributed by atoms with Gasteiger partial charge in [-0.25, -0.2) is 0 Å². The van der Waals surface area contributed by atoms with Crippen LogP contribution in [-0.4, -0.2) is 61.0 Å². The molecule has 0 radical (unpaired) electrons. The molecule has 0 aliphatic carbocycles. The van der Waals surface area contributed by atoms with Gasteiger partial charge in [-0.05, 0) is 68.3 Å². The van der Waals surface area contributed by atoms with Gasteiger partial charge in [0.1, 0.15) is 30.0 Å². The Morgan fingerprint density at radius 2 is 2.15 bits per heavy atom. The molecule has 2 N–H and O–H groups in total. The van der Waals surface area contributed by atoms with Gasteiger partial charge in [0.2, 0.25) is 5.91 Å². The summed E-state index contributed by atoms with van der Waals surface area (Å²) in [5.41, 5.74) is 4.63. The van der Waals surface area contributed by atoms with E-state index in [1.165, 1.54) is 0 Å². The van der Waals surface area contributed by atoms with Gasteiger partial charge < -0.3 is 24.4 Å². The van der Waals surface area contributed by atoms with Crippen LogP contribution in [0.25, 0.3) is 11.1 Å². The van der Waals surface area contributed by atoms with Crippen LogP contribution in [0, 0.1) is 12.8 Å². The third-order valence-corrected chi connectivity index (χ3v) is 6.57. The average molecular weight is 463 g/mol. The molecule has 0 bridgehead atoms. The lowest BCUT2D eigenvalue weighted by molar-refractivity contribution is -0.121. The average Bonchev–Trinajstić information content (AvgIpc) is 3.46. The summed E-state index contributed by atoms with van der Waals surface area (Å²) in [6.45, 7) is 4.17. The fraction of sp³-hybridized carbons (Fsp3) is 0.385. The van der Waals surface area contributed by atoms with E-state index >= 15 is 0 Å². The van der Waals surface area contributed by atoms with E-state index in [2.05, 4.69) is 27.5 Å². The molecule has 34 heavy (non-hydrogen) atoms. The molecule has 1 amide bonds. The first kappa shape index (κ1) is 22.3. The number of anilines is 1. The number of aromatic amines is 1. The molecular formula is C26H30N4O4. The molecule has 1 fully saturated rings. The number of hydrogen-bond acceptors (Lipinski definition) is 6. The maximum atomic E-state index is 13.2. The number of aromatic nitrogens is 2. The number of amides is 1. The number of H-pyrrole nitrogens is 1. The summed E-state index contributed by atoms with van der Waals surface area (Å²) in [5, 5.41) is 10.2. The third kappa shape index (κ3) is 4.59. The number of hydrogen-bond donors (Lipinski definition) is 2. The van der Waals surface area contributed by atoms with E-state index in [0.29, 0.717) is 24.5 Å². The van der Waals surface area contributed by atoms with Crippen LogP contribution < -0.4 is 19.5 Å². The first-order valence-electron chi connectivity index (χ1n) is 11.6. The molecule has 5 rings (SSSR count). The van der Waals surface area contributed by atoms with Gasteiger partial charge >= 0.3 is 0 Å².